The quantitative estimate of drug-likeness (QED) is 0.199. The third kappa shape index (κ3) is 4.36. The molecule has 0 bridgehead atoms. The normalized spacial score (nSPS) is 12.2. The Morgan fingerprint density at radius 3 is 1.44 bits per heavy atom. The van der Waals surface area contributed by atoms with E-state index >= 15 is 0 Å². The van der Waals surface area contributed by atoms with Crippen LogP contribution in [0.4, 0.5) is 0 Å². The van der Waals surface area contributed by atoms with Gasteiger partial charge < -0.3 is 0 Å². The molecule has 0 aliphatic heterocycles. The van der Waals surface area contributed by atoms with Gasteiger partial charge in [-0.05, 0) is 80.6 Å². The molecule has 0 unspecified atom stereocenters. The van der Waals surface area contributed by atoms with Gasteiger partial charge in [0.05, 0.1) is 0 Å². The van der Waals surface area contributed by atoms with Crippen molar-refractivity contribution in [2.45, 2.75) is 24.9 Å². The van der Waals surface area contributed by atoms with Crippen molar-refractivity contribution < 1.29 is 20.8 Å². The van der Waals surface area contributed by atoms with E-state index in [1.807, 2.05) is 0 Å². The molecular weight excluding hydrogens is 527 g/mol. The molecule has 0 atom stereocenters. The van der Waals surface area contributed by atoms with Crippen LogP contribution >= 0.6 is 17.0 Å². The molecule has 0 nitrogen and oxygen atoms in total. The van der Waals surface area contributed by atoms with E-state index in [1.54, 1.807) is 22.3 Å². The standard InChI is InChI=1S/C28H22Si.2ClH.Zr/c1-3-11-23-19(7-1)15-27-21(9-5-13-25(23)27)17-29-18-22-10-6-14-26-24-12-4-2-8-20(24)16-28(22)26;;;/h1-14H,15-18H2;2*1H;/q;;;+2/p-2. The molecule has 0 aromatic heterocycles. The first-order valence-electron chi connectivity index (χ1n) is 10.8. The molecule has 156 valence electrons. The molecule has 0 saturated heterocycles. The van der Waals surface area contributed by atoms with Gasteiger partial charge in [-0.2, -0.15) is 0 Å². The molecule has 4 heteroatoms. The molecule has 4 aromatic rings. The molecule has 2 aliphatic rings. The topological polar surface area (TPSA) is 0 Å². The summed E-state index contributed by atoms with van der Waals surface area (Å²) in [6.07, 6.45) is 2.20. The van der Waals surface area contributed by atoms with Gasteiger partial charge in [0.1, 0.15) is 0 Å². The van der Waals surface area contributed by atoms with Crippen molar-refractivity contribution in [1.82, 2.24) is 0 Å². The SMILES string of the molecule is [Cl][Zr][Cl].c1ccc2c(c1)Cc1c(C[Si]Cc3cccc4c3Cc3ccccc3-4)cccc1-2. The largest absolute Gasteiger partial charge is 0.0619 e. The predicted octanol–water partition coefficient (Wildman–Crippen LogP) is 7.61. The van der Waals surface area contributed by atoms with Gasteiger partial charge >= 0.3 is 37.9 Å². The van der Waals surface area contributed by atoms with Crippen LogP contribution in [0.2, 0.25) is 0 Å². The second kappa shape index (κ2) is 10.2. The fraction of sp³-hybridized carbons (Fsp3) is 0.143. The average molecular weight is 549 g/mol. The van der Waals surface area contributed by atoms with E-state index in [-0.39, 0.29) is 0 Å². The van der Waals surface area contributed by atoms with Gasteiger partial charge in [-0.1, -0.05) is 84.9 Å². The minimum absolute atomic E-state index is 0.826. The van der Waals surface area contributed by atoms with E-state index in [9.17, 15) is 0 Å². The Morgan fingerprint density at radius 1 is 0.562 bits per heavy atom. The molecular formula is C28H22Cl2SiZr. The molecule has 0 amide bonds. The fourth-order valence-corrected chi connectivity index (χ4v) is 6.44. The Balaban J connectivity index is 0.000000684. The monoisotopic (exact) mass is 546 g/mol. The Bertz CT molecular complexity index is 1170. The number of benzene rings is 4. The zero-order chi connectivity index (χ0) is 21.9. The van der Waals surface area contributed by atoms with Crippen LogP contribution in [0.15, 0.2) is 84.9 Å². The first-order chi connectivity index (χ1) is 15.8. The molecule has 2 aliphatic carbocycles. The number of rotatable bonds is 4. The smallest absolute Gasteiger partial charge is 0.0478 e. The first kappa shape index (κ1) is 22.4. The van der Waals surface area contributed by atoms with Crippen molar-refractivity contribution in [2.24, 2.45) is 0 Å². The van der Waals surface area contributed by atoms with Gasteiger partial charge in [-0.25, -0.2) is 0 Å². The third-order valence-electron chi connectivity index (χ3n) is 6.53. The van der Waals surface area contributed by atoms with Crippen LogP contribution in [0.3, 0.4) is 0 Å². The predicted molar refractivity (Wildman–Crippen MR) is 134 cm³/mol. The third-order valence-corrected chi connectivity index (χ3v) is 7.79. The summed E-state index contributed by atoms with van der Waals surface area (Å²) >= 11 is -0.826. The van der Waals surface area contributed by atoms with Crippen LogP contribution in [-0.4, -0.2) is 9.52 Å². The van der Waals surface area contributed by atoms with Crippen LogP contribution in [0.25, 0.3) is 22.3 Å². The van der Waals surface area contributed by atoms with E-state index in [2.05, 4.69) is 84.9 Å². The minimum Gasteiger partial charge on any atom is -0.0619 e. The van der Waals surface area contributed by atoms with Gasteiger partial charge in [0.25, 0.3) is 0 Å². The Labute approximate surface area is 211 Å². The van der Waals surface area contributed by atoms with E-state index in [1.165, 1.54) is 45.5 Å². The minimum atomic E-state index is -0.826. The second-order valence-corrected chi connectivity index (χ2v) is 13.2. The molecule has 0 N–H and O–H groups in total. The summed E-state index contributed by atoms with van der Waals surface area (Å²) in [5.74, 6) is 0. The van der Waals surface area contributed by atoms with Crippen molar-refractivity contribution in [3.8, 4) is 22.3 Å². The average Bonchev–Trinajstić information content (AvgIpc) is 3.39. The number of halogens is 2. The summed E-state index contributed by atoms with van der Waals surface area (Å²) < 4.78 is 0. The summed E-state index contributed by atoms with van der Waals surface area (Å²) in [6, 6.07) is 34.0. The van der Waals surface area contributed by atoms with Crippen molar-refractivity contribution in [3.63, 3.8) is 0 Å². The fourth-order valence-electron chi connectivity index (χ4n) is 5.11. The molecule has 0 fully saturated rings. The molecule has 0 saturated carbocycles. The number of hydrogen-bond donors (Lipinski definition) is 0. The van der Waals surface area contributed by atoms with E-state index < -0.39 is 20.8 Å². The van der Waals surface area contributed by atoms with Crippen molar-refractivity contribution >= 4 is 26.5 Å². The van der Waals surface area contributed by atoms with Crippen molar-refractivity contribution in [3.05, 3.63) is 118 Å². The van der Waals surface area contributed by atoms with Gasteiger partial charge in [-0.3, -0.25) is 0 Å². The van der Waals surface area contributed by atoms with Crippen LogP contribution < -0.4 is 0 Å². The summed E-state index contributed by atoms with van der Waals surface area (Å²) in [7, 11) is 10.8. The Kier molecular flexibility index (Phi) is 7.14. The van der Waals surface area contributed by atoms with Crippen LogP contribution in [0.5, 0.6) is 0 Å². The Hall–Kier alpha value is -1.44. The zero-order valence-electron chi connectivity index (χ0n) is 17.7. The summed E-state index contributed by atoms with van der Waals surface area (Å²) in [5, 5.41) is 0. The summed E-state index contributed by atoms with van der Waals surface area (Å²) in [4.78, 5) is 0. The van der Waals surface area contributed by atoms with Crippen LogP contribution in [0.1, 0.15) is 33.4 Å². The molecule has 6 rings (SSSR count). The number of hydrogen-bond acceptors (Lipinski definition) is 0. The second-order valence-electron chi connectivity index (χ2n) is 8.23. The van der Waals surface area contributed by atoms with Crippen LogP contribution in [0, 0.1) is 0 Å². The first-order valence-corrected chi connectivity index (χ1v) is 18.6. The Morgan fingerprint density at radius 2 is 0.969 bits per heavy atom. The van der Waals surface area contributed by atoms with Gasteiger partial charge in [0, 0.05) is 9.52 Å². The molecule has 0 spiro atoms. The van der Waals surface area contributed by atoms with Crippen molar-refractivity contribution in [1.29, 1.82) is 0 Å². The van der Waals surface area contributed by atoms with E-state index in [0.717, 1.165) is 22.4 Å². The summed E-state index contributed by atoms with van der Waals surface area (Å²) in [6.45, 7) is 0. The molecule has 2 radical (unpaired) electrons. The van der Waals surface area contributed by atoms with Gasteiger partial charge in [0.15, 0.2) is 0 Å². The van der Waals surface area contributed by atoms with Gasteiger partial charge in [0.2, 0.25) is 0 Å². The maximum Gasteiger partial charge on any atom is 0.0478 e. The maximum absolute atomic E-state index is 4.93. The number of fused-ring (bicyclic) bond motifs is 6. The molecule has 0 heterocycles. The van der Waals surface area contributed by atoms with Gasteiger partial charge in [-0.15, -0.1) is 0 Å². The molecule has 32 heavy (non-hydrogen) atoms. The van der Waals surface area contributed by atoms with Crippen LogP contribution in [-0.2, 0) is 45.8 Å². The maximum atomic E-state index is 4.93. The molecule has 4 aromatic carbocycles. The zero-order valence-corrected chi connectivity index (χ0v) is 22.6. The summed E-state index contributed by atoms with van der Waals surface area (Å²) in [5.41, 5.74) is 15.0. The van der Waals surface area contributed by atoms with E-state index in [4.69, 9.17) is 17.0 Å². The van der Waals surface area contributed by atoms with E-state index in [0.29, 0.717) is 0 Å². The van der Waals surface area contributed by atoms with Crippen molar-refractivity contribution in [2.75, 3.05) is 0 Å².